The molecule has 5 heteroatoms. The lowest BCUT2D eigenvalue weighted by Crippen LogP contribution is -1.91. The Morgan fingerprint density at radius 2 is 2.20 bits per heavy atom. The Morgan fingerprint density at radius 1 is 1.40 bits per heavy atom. The number of hydrogen-bond donors (Lipinski definition) is 1. The van der Waals surface area contributed by atoms with Crippen LogP contribution in [0.1, 0.15) is 11.4 Å². The number of thioether (sulfide) groups is 1. The first-order valence-corrected chi connectivity index (χ1v) is 6.28. The van der Waals surface area contributed by atoms with Gasteiger partial charge in [0, 0.05) is 11.4 Å². The van der Waals surface area contributed by atoms with Gasteiger partial charge in [-0.25, -0.2) is 4.98 Å². The Labute approximate surface area is 96.9 Å². The van der Waals surface area contributed by atoms with E-state index in [4.69, 9.17) is 5.73 Å². The molecule has 0 saturated carbocycles. The third kappa shape index (κ3) is 2.70. The number of rotatable bonds is 3. The van der Waals surface area contributed by atoms with Crippen LogP contribution >= 0.6 is 23.3 Å². The molecule has 1 heterocycles. The summed E-state index contributed by atoms with van der Waals surface area (Å²) < 4.78 is 5.13. The summed E-state index contributed by atoms with van der Waals surface area (Å²) in [6.45, 7) is 1.90. The van der Waals surface area contributed by atoms with E-state index >= 15 is 0 Å². The van der Waals surface area contributed by atoms with Gasteiger partial charge in [0.1, 0.15) is 5.82 Å². The summed E-state index contributed by atoms with van der Waals surface area (Å²) in [5, 5.41) is 0. The summed E-state index contributed by atoms with van der Waals surface area (Å²) in [6, 6.07) is 7.90. The molecule has 78 valence electrons. The summed E-state index contributed by atoms with van der Waals surface area (Å²) in [4.78, 5) is 4.28. The predicted octanol–water partition coefficient (Wildman–Crippen LogP) is 2.72. The van der Waals surface area contributed by atoms with Crippen molar-refractivity contribution in [3.05, 3.63) is 35.7 Å². The Bertz CT molecular complexity index is 453. The van der Waals surface area contributed by atoms with Crippen LogP contribution in [0.25, 0.3) is 0 Å². The highest BCUT2D eigenvalue weighted by molar-refractivity contribution is 8.00. The normalized spacial score (nSPS) is 10.5. The van der Waals surface area contributed by atoms with Crippen molar-refractivity contribution in [2.24, 2.45) is 0 Å². The molecule has 1 aromatic carbocycles. The molecule has 2 N–H and O–H groups in total. The largest absolute Gasteiger partial charge is 0.398 e. The minimum Gasteiger partial charge on any atom is -0.398 e. The van der Waals surface area contributed by atoms with Crippen molar-refractivity contribution >= 4 is 29.0 Å². The van der Waals surface area contributed by atoms with Gasteiger partial charge in [-0.05, 0) is 30.1 Å². The number of hydrogen-bond acceptors (Lipinski definition) is 5. The van der Waals surface area contributed by atoms with Gasteiger partial charge in [-0.2, -0.15) is 4.37 Å². The molecule has 0 atom stereocenters. The second-order valence-electron chi connectivity index (χ2n) is 3.09. The molecule has 0 aliphatic rings. The molecule has 15 heavy (non-hydrogen) atoms. The van der Waals surface area contributed by atoms with Crippen LogP contribution in [-0.2, 0) is 5.75 Å². The van der Waals surface area contributed by atoms with Gasteiger partial charge in [0.15, 0.2) is 4.34 Å². The molecule has 0 bridgehead atoms. The molecular formula is C10H11N3S2. The number of para-hydroxylation sites is 1. The van der Waals surface area contributed by atoms with Crippen LogP contribution in [0, 0.1) is 6.92 Å². The Balaban J connectivity index is 2.02. The van der Waals surface area contributed by atoms with Gasteiger partial charge >= 0.3 is 0 Å². The molecule has 0 radical (unpaired) electrons. The van der Waals surface area contributed by atoms with Crippen LogP contribution in [0.5, 0.6) is 0 Å². The van der Waals surface area contributed by atoms with Crippen molar-refractivity contribution in [2.45, 2.75) is 17.0 Å². The fourth-order valence-electron chi connectivity index (χ4n) is 1.14. The SMILES string of the molecule is Cc1nsc(SCc2ccccc2N)n1. The fourth-order valence-corrected chi connectivity index (χ4v) is 2.80. The first-order chi connectivity index (χ1) is 7.25. The lowest BCUT2D eigenvalue weighted by Gasteiger charge is -2.02. The van der Waals surface area contributed by atoms with Crippen molar-refractivity contribution in [1.29, 1.82) is 0 Å². The third-order valence-electron chi connectivity index (χ3n) is 1.92. The second kappa shape index (κ2) is 4.63. The number of nitrogen functional groups attached to an aromatic ring is 1. The van der Waals surface area contributed by atoms with Crippen LogP contribution in [0.4, 0.5) is 5.69 Å². The predicted molar refractivity (Wildman–Crippen MR) is 65.1 cm³/mol. The Morgan fingerprint density at radius 3 is 2.87 bits per heavy atom. The maximum absolute atomic E-state index is 5.84. The van der Waals surface area contributed by atoms with Gasteiger partial charge in [0.2, 0.25) is 0 Å². The summed E-state index contributed by atoms with van der Waals surface area (Å²) in [5.74, 6) is 1.69. The highest BCUT2D eigenvalue weighted by atomic mass is 32.2. The van der Waals surface area contributed by atoms with Crippen LogP contribution in [0.15, 0.2) is 28.6 Å². The zero-order chi connectivity index (χ0) is 10.7. The van der Waals surface area contributed by atoms with Crippen molar-refractivity contribution in [2.75, 3.05) is 5.73 Å². The van der Waals surface area contributed by atoms with Crippen LogP contribution in [0.2, 0.25) is 0 Å². The standard InChI is InChI=1S/C10H11N3S2/c1-7-12-10(15-13-7)14-6-8-4-2-3-5-9(8)11/h2-5H,6,11H2,1H3. The molecule has 0 aliphatic heterocycles. The van der Waals surface area contributed by atoms with Crippen molar-refractivity contribution in [3.8, 4) is 0 Å². The summed E-state index contributed by atoms with van der Waals surface area (Å²) in [6.07, 6.45) is 0. The van der Waals surface area contributed by atoms with Crippen LogP contribution < -0.4 is 5.73 Å². The minimum atomic E-state index is 0.837. The van der Waals surface area contributed by atoms with Gasteiger partial charge in [0.25, 0.3) is 0 Å². The average Bonchev–Trinajstić information content (AvgIpc) is 2.63. The molecule has 0 amide bonds. The maximum Gasteiger partial charge on any atom is 0.170 e. The van der Waals surface area contributed by atoms with Gasteiger partial charge in [0.05, 0.1) is 0 Å². The molecule has 0 spiro atoms. The molecule has 2 aromatic rings. The van der Waals surface area contributed by atoms with Crippen LogP contribution in [-0.4, -0.2) is 9.36 Å². The van der Waals surface area contributed by atoms with Gasteiger partial charge in [-0.3, -0.25) is 0 Å². The summed E-state index contributed by atoms with van der Waals surface area (Å²) >= 11 is 3.11. The lowest BCUT2D eigenvalue weighted by atomic mass is 10.2. The molecule has 1 aromatic heterocycles. The van der Waals surface area contributed by atoms with Crippen molar-refractivity contribution in [3.63, 3.8) is 0 Å². The zero-order valence-electron chi connectivity index (χ0n) is 8.30. The van der Waals surface area contributed by atoms with Crippen molar-refractivity contribution < 1.29 is 0 Å². The number of benzene rings is 1. The Hall–Kier alpha value is -1.07. The van der Waals surface area contributed by atoms with E-state index < -0.39 is 0 Å². The molecular weight excluding hydrogens is 226 g/mol. The molecule has 0 fully saturated rings. The third-order valence-corrected chi connectivity index (χ3v) is 3.89. The first kappa shape index (κ1) is 10.4. The molecule has 3 nitrogen and oxygen atoms in total. The second-order valence-corrected chi connectivity index (χ2v) is 5.07. The fraction of sp³-hybridized carbons (Fsp3) is 0.200. The van der Waals surface area contributed by atoms with E-state index in [1.807, 2.05) is 31.2 Å². The molecule has 0 unspecified atom stereocenters. The van der Waals surface area contributed by atoms with Gasteiger partial charge < -0.3 is 5.73 Å². The quantitative estimate of drug-likeness (QED) is 0.658. The summed E-state index contributed by atoms with van der Waals surface area (Å²) in [5.41, 5.74) is 7.83. The highest BCUT2D eigenvalue weighted by Crippen LogP contribution is 2.26. The minimum absolute atomic E-state index is 0.837. The smallest absolute Gasteiger partial charge is 0.170 e. The number of nitrogens with two attached hydrogens (primary N) is 1. The van der Waals surface area contributed by atoms with E-state index in [1.165, 1.54) is 11.5 Å². The van der Waals surface area contributed by atoms with E-state index in [-0.39, 0.29) is 0 Å². The highest BCUT2D eigenvalue weighted by Gasteiger charge is 2.03. The topological polar surface area (TPSA) is 51.8 Å². The van der Waals surface area contributed by atoms with Gasteiger partial charge in [-0.15, -0.1) is 0 Å². The van der Waals surface area contributed by atoms with E-state index in [9.17, 15) is 0 Å². The monoisotopic (exact) mass is 237 g/mol. The first-order valence-electron chi connectivity index (χ1n) is 4.52. The number of anilines is 1. The van der Waals surface area contributed by atoms with Crippen molar-refractivity contribution in [1.82, 2.24) is 9.36 Å². The number of aryl methyl sites for hydroxylation is 1. The number of aromatic nitrogens is 2. The van der Waals surface area contributed by atoms with E-state index in [2.05, 4.69) is 9.36 Å². The average molecular weight is 237 g/mol. The number of nitrogens with zero attached hydrogens (tertiary/aromatic N) is 2. The van der Waals surface area contributed by atoms with E-state index in [0.717, 1.165) is 27.2 Å². The van der Waals surface area contributed by atoms with Gasteiger partial charge in [-0.1, -0.05) is 30.0 Å². The molecule has 0 saturated heterocycles. The zero-order valence-corrected chi connectivity index (χ0v) is 9.94. The lowest BCUT2D eigenvalue weighted by molar-refractivity contribution is 1.10. The maximum atomic E-state index is 5.84. The summed E-state index contributed by atoms with van der Waals surface area (Å²) in [7, 11) is 0. The van der Waals surface area contributed by atoms with Crippen LogP contribution in [0.3, 0.4) is 0 Å². The van der Waals surface area contributed by atoms with E-state index in [0.29, 0.717) is 0 Å². The molecule has 0 aliphatic carbocycles. The molecule has 2 rings (SSSR count). The Kier molecular flexibility index (Phi) is 3.23. The van der Waals surface area contributed by atoms with E-state index in [1.54, 1.807) is 11.8 Å².